The fourth-order valence-electron chi connectivity index (χ4n) is 1.22. The molecule has 0 unspecified atom stereocenters. The Morgan fingerprint density at radius 1 is 1.38 bits per heavy atom. The van der Waals surface area contributed by atoms with Gasteiger partial charge in [-0.3, -0.25) is 9.59 Å². The summed E-state index contributed by atoms with van der Waals surface area (Å²) < 4.78 is 0. The van der Waals surface area contributed by atoms with Crippen molar-refractivity contribution in [2.45, 2.75) is 26.2 Å². The second-order valence-corrected chi connectivity index (χ2v) is 3.49. The van der Waals surface area contributed by atoms with Gasteiger partial charge in [0.1, 0.15) is 0 Å². The number of nitrogens with two attached hydrogens (primary N) is 1. The largest absolute Gasteiger partial charge is 0.368 e. The zero-order chi connectivity index (χ0) is 11.7. The van der Waals surface area contributed by atoms with E-state index in [2.05, 4.69) is 5.32 Å². The molecule has 0 aliphatic heterocycles. The number of primary amides is 1. The van der Waals surface area contributed by atoms with Gasteiger partial charge in [0.15, 0.2) is 0 Å². The Kier molecular flexibility index (Phi) is 11.8. The molecule has 0 radical (unpaired) electrons. The topological polar surface area (TPSA) is 75.4 Å². The lowest BCUT2D eigenvalue weighted by atomic mass is 10.2. The van der Waals surface area contributed by atoms with Crippen molar-refractivity contribution in [3.63, 3.8) is 0 Å². The molecule has 0 aliphatic rings. The molecule has 0 bridgehead atoms. The predicted molar refractivity (Wildman–Crippen MR) is 66.5 cm³/mol. The van der Waals surface area contributed by atoms with E-state index in [0.717, 1.165) is 12.8 Å². The smallest absolute Gasteiger partial charge is 0.237 e. The van der Waals surface area contributed by atoms with Crippen LogP contribution in [0.4, 0.5) is 0 Å². The summed E-state index contributed by atoms with van der Waals surface area (Å²) >= 11 is 0. The van der Waals surface area contributed by atoms with Crippen LogP contribution in [0.1, 0.15) is 26.2 Å². The number of halogens is 1. The average molecular weight is 252 g/mol. The molecular weight excluding hydrogens is 230 g/mol. The van der Waals surface area contributed by atoms with E-state index in [4.69, 9.17) is 5.73 Å². The van der Waals surface area contributed by atoms with Crippen LogP contribution in [-0.2, 0) is 9.59 Å². The van der Waals surface area contributed by atoms with E-state index in [9.17, 15) is 9.59 Å². The first-order valence-electron chi connectivity index (χ1n) is 5.32. The summed E-state index contributed by atoms with van der Waals surface area (Å²) in [6.07, 6.45) is 2.31. The number of nitrogens with zero attached hydrogens (tertiary/aromatic N) is 1. The molecule has 0 aromatic carbocycles. The molecule has 16 heavy (non-hydrogen) atoms. The van der Waals surface area contributed by atoms with Gasteiger partial charge in [0, 0.05) is 19.5 Å². The van der Waals surface area contributed by atoms with E-state index >= 15 is 0 Å². The first-order chi connectivity index (χ1) is 7.11. The number of unbranched alkanes of at least 4 members (excludes halogenated alkanes) is 1. The molecule has 0 aromatic heterocycles. The maximum absolute atomic E-state index is 11.6. The van der Waals surface area contributed by atoms with E-state index in [-0.39, 0.29) is 24.9 Å². The van der Waals surface area contributed by atoms with Crippen molar-refractivity contribution in [2.24, 2.45) is 5.73 Å². The number of hydrogen-bond donors (Lipinski definition) is 2. The minimum absolute atomic E-state index is 0. The summed E-state index contributed by atoms with van der Waals surface area (Å²) in [5.74, 6) is -0.472. The van der Waals surface area contributed by atoms with Crippen molar-refractivity contribution in [2.75, 3.05) is 26.7 Å². The van der Waals surface area contributed by atoms with Crippen molar-refractivity contribution in [1.29, 1.82) is 0 Å². The fourth-order valence-corrected chi connectivity index (χ4v) is 1.22. The van der Waals surface area contributed by atoms with Crippen LogP contribution in [-0.4, -0.2) is 43.4 Å². The van der Waals surface area contributed by atoms with Gasteiger partial charge in [-0.25, -0.2) is 0 Å². The van der Waals surface area contributed by atoms with Gasteiger partial charge in [0.25, 0.3) is 0 Å². The van der Waals surface area contributed by atoms with Crippen LogP contribution in [0, 0.1) is 0 Å². The Morgan fingerprint density at radius 3 is 2.44 bits per heavy atom. The Hall–Kier alpha value is -0.810. The van der Waals surface area contributed by atoms with Gasteiger partial charge >= 0.3 is 0 Å². The minimum Gasteiger partial charge on any atom is -0.368 e. The summed E-state index contributed by atoms with van der Waals surface area (Å²) in [5.41, 5.74) is 5.08. The van der Waals surface area contributed by atoms with Crippen LogP contribution >= 0.6 is 12.4 Å². The molecular formula is C10H22ClN3O2. The van der Waals surface area contributed by atoms with Gasteiger partial charge in [-0.15, -0.1) is 12.4 Å². The molecule has 0 saturated carbocycles. The lowest BCUT2D eigenvalue weighted by Crippen LogP contribution is -2.39. The van der Waals surface area contributed by atoms with Crippen LogP contribution < -0.4 is 11.1 Å². The Balaban J connectivity index is 0. The summed E-state index contributed by atoms with van der Waals surface area (Å²) in [4.78, 5) is 23.9. The van der Waals surface area contributed by atoms with E-state index in [1.807, 2.05) is 6.92 Å². The second kappa shape index (κ2) is 10.7. The summed E-state index contributed by atoms with van der Waals surface area (Å²) in [5, 5.41) is 2.90. The minimum atomic E-state index is -0.455. The van der Waals surface area contributed by atoms with Gasteiger partial charge < -0.3 is 16.0 Å². The molecule has 0 aliphatic carbocycles. The molecule has 3 N–H and O–H groups in total. The molecule has 6 heteroatoms. The van der Waals surface area contributed by atoms with Crippen LogP contribution in [0.25, 0.3) is 0 Å². The van der Waals surface area contributed by atoms with Gasteiger partial charge in [0.2, 0.25) is 11.8 Å². The van der Waals surface area contributed by atoms with Crippen LogP contribution in [0.3, 0.4) is 0 Å². The summed E-state index contributed by atoms with van der Waals surface area (Å²) in [6.45, 7) is 3.31. The second-order valence-electron chi connectivity index (χ2n) is 3.49. The lowest BCUT2D eigenvalue weighted by molar-refractivity contribution is -0.135. The zero-order valence-electron chi connectivity index (χ0n) is 9.99. The zero-order valence-corrected chi connectivity index (χ0v) is 10.8. The third kappa shape index (κ3) is 8.49. The van der Waals surface area contributed by atoms with Gasteiger partial charge in [-0.05, 0) is 13.5 Å². The van der Waals surface area contributed by atoms with Crippen LogP contribution in [0.5, 0.6) is 0 Å². The Labute approximate surface area is 103 Å². The summed E-state index contributed by atoms with van der Waals surface area (Å²) in [6, 6.07) is 0. The lowest BCUT2D eigenvalue weighted by Gasteiger charge is -2.20. The molecule has 0 fully saturated rings. The molecule has 0 atom stereocenters. The van der Waals surface area contributed by atoms with Crippen molar-refractivity contribution in [1.82, 2.24) is 10.2 Å². The summed E-state index contributed by atoms with van der Waals surface area (Å²) in [7, 11) is 1.79. The quantitative estimate of drug-likeness (QED) is 0.644. The van der Waals surface area contributed by atoms with E-state index in [0.29, 0.717) is 19.5 Å². The highest BCUT2D eigenvalue weighted by Crippen LogP contribution is 1.98. The predicted octanol–water partition coefficient (Wildman–Crippen LogP) is 0.132. The normalized spacial score (nSPS) is 9.38. The SMILES string of the molecule is CCCCN(CC(N)=O)C(=O)CCNC.Cl. The number of nitrogens with one attached hydrogen (secondary N) is 1. The van der Waals surface area contributed by atoms with E-state index < -0.39 is 5.91 Å². The Bertz CT molecular complexity index is 212. The highest BCUT2D eigenvalue weighted by Gasteiger charge is 2.14. The third-order valence-electron chi connectivity index (χ3n) is 2.07. The standard InChI is InChI=1S/C10H21N3O2.ClH/c1-3-4-7-13(8-9(11)14)10(15)5-6-12-2;/h12H,3-8H2,1-2H3,(H2,11,14);1H. The number of hydrogen-bond acceptors (Lipinski definition) is 3. The van der Waals surface area contributed by atoms with Gasteiger partial charge in [-0.1, -0.05) is 13.3 Å². The maximum Gasteiger partial charge on any atom is 0.237 e. The highest BCUT2D eigenvalue weighted by atomic mass is 35.5. The number of carbonyl (C=O) groups is 2. The van der Waals surface area contributed by atoms with E-state index in [1.165, 1.54) is 4.90 Å². The van der Waals surface area contributed by atoms with E-state index in [1.54, 1.807) is 7.05 Å². The van der Waals surface area contributed by atoms with Crippen molar-refractivity contribution in [3.8, 4) is 0 Å². The van der Waals surface area contributed by atoms with Gasteiger partial charge in [0.05, 0.1) is 6.54 Å². The number of rotatable bonds is 8. The van der Waals surface area contributed by atoms with Crippen molar-refractivity contribution >= 4 is 24.2 Å². The van der Waals surface area contributed by atoms with Gasteiger partial charge in [-0.2, -0.15) is 0 Å². The first kappa shape index (κ1) is 17.6. The Morgan fingerprint density at radius 2 is 2.00 bits per heavy atom. The van der Waals surface area contributed by atoms with Crippen LogP contribution in [0.15, 0.2) is 0 Å². The monoisotopic (exact) mass is 251 g/mol. The van der Waals surface area contributed by atoms with Crippen LogP contribution in [0.2, 0.25) is 0 Å². The molecule has 0 saturated heterocycles. The van der Waals surface area contributed by atoms with Crippen molar-refractivity contribution in [3.05, 3.63) is 0 Å². The first-order valence-corrected chi connectivity index (χ1v) is 5.32. The molecule has 0 heterocycles. The molecule has 0 rings (SSSR count). The molecule has 96 valence electrons. The number of amides is 2. The van der Waals surface area contributed by atoms with Crippen molar-refractivity contribution < 1.29 is 9.59 Å². The molecule has 2 amide bonds. The highest BCUT2D eigenvalue weighted by molar-refractivity contribution is 5.85. The molecule has 5 nitrogen and oxygen atoms in total. The average Bonchev–Trinajstić information content (AvgIpc) is 2.20. The number of carbonyl (C=O) groups excluding carboxylic acids is 2. The maximum atomic E-state index is 11.6. The fraction of sp³-hybridized carbons (Fsp3) is 0.800. The molecule has 0 spiro atoms. The molecule has 0 aromatic rings. The third-order valence-corrected chi connectivity index (χ3v) is 2.07.